The van der Waals surface area contributed by atoms with E-state index in [2.05, 4.69) is 19.3 Å². The second-order valence-corrected chi connectivity index (χ2v) is 6.02. The van der Waals surface area contributed by atoms with Crippen LogP contribution in [0, 0.1) is 17.3 Å². The monoisotopic (exact) mass is 193 g/mol. The molecule has 1 spiro atoms. The average molecular weight is 193 g/mol. The Hall–Kier alpha value is -0.0400. The molecule has 0 saturated heterocycles. The number of hydrogen-bond donors (Lipinski definition) is 1. The van der Waals surface area contributed by atoms with Crippen LogP contribution >= 0.6 is 0 Å². The lowest BCUT2D eigenvalue weighted by Gasteiger charge is -2.50. The van der Waals surface area contributed by atoms with Crippen molar-refractivity contribution in [3.8, 4) is 0 Å². The molecule has 0 aliphatic heterocycles. The van der Waals surface area contributed by atoms with Crippen LogP contribution in [0.15, 0.2) is 0 Å². The van der Waals surface area contributed by atoms with Gasteiger partial charge in [0.2, 0.25) is 0 Å². The van der Waals surface area contributed by atoms with Crippen LogP contribution < -0.4 is 5.32 Å². The topological polar surface area (TPSA) is 12.0 Å². The zero-order chi connectivity index (χ0) is 9.81. The van der Waals surface area contributed by atoms with E-state index in [4.69, 9.17) is 0 Å². The van der Waals surface area contributed by atoms with Crippen LogP contribution in [0.25, 0.3) is 0 Å². The molecule has 3 aliphatic carbocycles. The van der Waals surface area contributed by atoms with Crippen molar-refractivity contribution in [2.45, 2.75) is 57.4 Å². The summed E-state index contributed by atoms with van der Waals surface area (Å²) in [5.41, 5.74) is 1.18. The number of nitrogens with one attached hydrogen (secondary N) is 1. The van der Waals surface area contributed by atoms with Gasteiger partial charge in [-0.1, -0.05) is 12.8 Å². The molecule has 0 heterocycles. The molecule has 80 valence electrons. The largest absolute Gasteiger partial charge is 0.314 e. The highest BCUT2D eigenvalue weighted by molar-refractivity contribution is 5.18. The van der Waals surface area contributed by atoms with Gasteiger partial charge in [0.1, 0.15) is 0 Å². The normalized spacial score (nSPS) is 49.3. The molecular weight excluding hydrogens is 170 g/mol. The smallest absolute Gasteiger partial charge is 0.0237 e. The van der Waals surface area contributed by atoms with Crippen LogP contribution in [0.5, 0.6) is 0 Å². The van der Waals surface area contributed by atoms with Gasteiger partial charge in [-0.15, -0.1) is 0 Å². The lowest BCUT2D eigenvalue weighted by molar-refractivity contribution is 0.0427. The molecule has 0 radical (unpaired) electrons. The van der Waals surface area contributed by atoms with Crippen molar-refractivity contribution in [2.75, 3.05) is 7.05 Å². The lowest BCUT2D eigenvalue weighted by atomic mass is 9.61. The Morgan fingerprint density at radius 2 is 1.71 bits per heavy atom. The van der Waals surface area contributed by atoms with E-state index in [1.54, 1.807) is 0 Å². The summed E-state index contributed by atoms with van der Waals surface area (Å²) in [6, 6.07) is 0. The fourth-order valence-electron chi connectivity index (χ4n) is 5.22. The zero-order valence-corrected chi connectivity index (χ0v) is 9.60. The quantitative estimate of drug-likeness (QED) is 0.675. The van der Waals surface area contributed by atoms with Gasteiger partial charge >= 0.3 is 0 Å². The summed E-state index contributed by atoms with van der Waals surface area (Å²) < 4.78 is 0. The van der Waals surface area contributed by atoms with Gasteiger partial charge in [0, 0.05) is 5.54 Å². The maximum Gasteiger partial charge on any atom is 0.0237 e. The van der Waals surface area contributed by atoms with Gasteiger partial charge in [0.25, 0.3) is 0 Å². The maximum absolute atomic E-state index is 3.70. The predicted octanol–water partition coefficient (Wildman–Crippen LogP) is 2.95. The molecule has 2 bridgehead atoms. The van der Waals surface area contributed by atoms with Gasteiger partial charge in [0.05, 0.1) is 0 Å². The Morgan fingerprint density at radius 1 is 1.07 bits per heavy atom. The Morgan fingerprint density at radius 3 is 2.36 bits per heavy atom. The van der Waals surface area contributed by atoms with Crippen LogP contribution in [0.3, 0.4) is 0 Å². The number of fused-ring (bicyclic) bond motifs is 3. The first-order valence-corrected chi connectivity index (χ1v) is 6.42. The summed E-state index contributed by atoms with van der Waals surface area (Å²) in [6.07, 6.45) is 10.5. The Labute approximate surface area is 87.7 Å². The summed E-state index contributed by atoms with van der Waals surface area (Å²) in [5, 5.41) is 3.70. The van der Waals surface area contributed by atoms with E-state index < -0.39 is 0 Å². The molecule has 3 saturated carbocycles. The first-order valence-electron chi connectivity index (χ1n) is 6.42. The summed E-state index contributed by atoms with van der Waals surface area (Å²) in [7, 11) is 2.20. The fraction of sp³-hybridized carbons (Fsp3) is 1.00. The van der Waals surface area contributed by atoms with Gasteiger partial charge in [-0.25, -0.2) is 0 Å². The molecular formula is C13H23N. The highest BCUT2D eigenvalue weighted by Gasteiger charge is 2.64. The molecule has 1 nitrogen and oxygen atoms in total. The van der Waals surface area contributed by atoms with Crippen molar-refractivity contribution in [3.63, 3.8) is 0 Å². The van der Waals surface area contributed by atoms with E-state index in [0.29, 0.717) is 11.0 Å². The standard InChI is InChI=1S/C13H23N/c1-12(14-2)10-5-6-11(9-10)13(12)7-3-4-8-13/h10-11,14H,3-9H2,1-2H3. The zero-order valence-electron chi connectivity index (χ0n) is 9.60. The van der Waals surface area contributed by atoms with E-state index in [0.717, 1.165) is 11.8 Å². The van der Waals surface area contributed by atoms with Crippen LogP contribution in [0.2, 0.25) is 0 Å². The maximum atomic E-state index is 3.70. The van der Waals surface area contributed by atoms with Crippen molar-refractivity contribution in [2.24, 2.45) is 17.3 Å². The molecule has 1 N–H and O–H groups in total. The van der Waals surface area contributed by atoms with Crippen LogP contribution in [-0.4, -0.2) is 12.6 Å². The van der Waals surface area contributed by atoms with E-state index in [1.807, 2.05) is 0 Å². The Bertz CT molecular complexity index is 242. The van der Waals surface area contributed by atoms with Crippen LogP contribution in [0.1, 0.15) is 51.9 Å². The van der Waals surface area contributed by atoms with Gasteiger partial charge in [-0.2, -0.15) is 0 Å². The Kier molecular flexibility index (Phi) is 1.81. The molecule has 3 rings (SSSR count). The third-order valence-electron chi connectivity index (χ3n) is 6.08. The minimum atomic E-state index is 0.479. The first-order chi connectivity index (χ1) is 6.73. The second-order valence-electron chi connectivity index (χ2n) is 6.02. The van der Waals surface area contributed by atoms with E-state index in [-0.39, 0.29) is 0 Å². The van der Waals surface area contributed by atoms with E-state index in [9.17, 15) is 0 Å². The lowest BCUT2D eigenvalue weighted by Crippen LogP contribution is -2.57. The minimum Gasteiger partial charge on any atom is -0.314 e. The van der Waals surface area contributed by atoms with E-state index >= 15 is 0 Å². The van der Waals surface area contributed by atoms with Crippen molar-refractivity contribution >= 4 is 0 Å². The third kappa shape index (κ3) is 0.816. The highest BCUT2D eigenvalue weighted by atomic mass is 15.0. The predicted molar refractivity (Wildman–Crippen MR) is 59.2 cm³/mol. The summed E-state index contributed by atoms with van der Waals surface area (Å²) in [4.78, 5) is 0. The third-order valence-corrected chi connectivity index (χ3v) is 6.08. The summed E-state index contributed by atoms with van der Waals surface area (Å²) >= 11 is 0. The summed E-state index contributed by atoms with van der Waals surface area (Å²) in [6.45, 7) is 2.52. The molecule has 3 atom stereocenters. The number of rotatable bonds is 1. The molecule has 0 aromatic heterocycles. The number of hydrogen-bond acceptors (Lipinski definition) is 1. The second kappa shape index (κ2) is 2.75. The molecule has 14 heavy (non-hydrogen) atoms. The Balaban J connectivity index is 2.01. The van der Waals surface area contributed by atoms with Gasteiger partial charge in [0.15, 0.2) is 0 Å². The van der Waals surface area contributed by atoms with Crippen molar-refractivity contribution in [3.05, 3.63) is 0 Å². The molecule has 3 unspecified atom stereocenters. The molecule has 0 aromatic carbocycles. The van der Waals surface area contributed by atoms with Gasteiger partial charge in [-0.3, -0.25) is 0 Å². The van der Waals surface area contributed by atoms with Crippen molar-refractivity contribution < 1.29 is 0 Å². The fourth-order valence-corrected chi connectivity index (χ4v) is 5.22. The van der Waals surface area contributed by atoms with Crippen molar-refractivity contribution in [1.82, 2.24) is 5.32 Å². The van der Waals surface area contributed by atoms with Crippen molar-refractivity contribution in [1.29, 1.82) is 0 Å². The molecule has 3 fully saturated rings. The first kappa shape index (κ1) is 9.21. The molecule has 1 heteroatoms. The van der Waals surface area contributed by atoms with Crippen LogP contribution in [-0.2, 0) is 0 Å². The van der Waals surface area contributed by atoms with Gasteiger partial charge in [-0.05, 0) is 63.3 Å². The van der Waals surface area contributed by atoms with E-state index in [1.165, 1.54) is 44.9 Å². The van der Waals surface area contributed by atoms with Crippen LogP contribution in [0.4, 0.5) is 0 Å². The summed E-state index contributed by atoms with van der Waals surface area (Å²) in [5.74, 6) is 2.04. The highest BCUT2D eigenvalue weighted by Crippen LogP contribution is 2.67. The van der Waals surface area contributed by atoms with Gasteiger partial charge < -0.3 is 5.32 Å². The molecule has 0 aromatic rings. The average Bonchev–Trinajstić information content (AvgIpc) is 2.88. The minimum absolute atomic E-state index is 0.479. The molecule has 3 aliphatic rings. The molecule has 0 amide bonds. The SMILES string of the molecule is CNC1(C)C2CCC(C2)C12CCCC2.